The molecule has 0 saturated carbocycles. The lowest BCUT2D eigenvalue weighted by atomic mass is 10.1. The molecule has 0 fully saturated rings. The zero-order chi connectivity index (χ0) is 14.4. The molecule has 1 amide bonds. The van der Waals surface area contributed by atoms with E-state index in [0.717, 1.165) is 6.54 Å². The summed E-state index contributed by atoms with van der Waals surface area (Å²) in [7, 11) is 3.55. The Morgan fingerprint density at radius 3 is 2.74 bits per heavy atom. The first-order chi connectivity index (χ1) is 8.95. The van der Waals surface area contributed by atoms with Gasteiger partial charge in [-0.1, -0.05) is 0 Å². The predicted octanol–water partition coefficient (Wildman–Crippen LogP) is 1.35. The van der Waals surface area contributed by atoms with Crippen LogP contribution in [0.3, 0.4) is 0 Å². The molecule has 0 aliphatic rings. The number of hydrogen-bond acceptors (Lipinski definition) is 4. The quantitative estimate of drug-likeness (QED) is 0.762. The van der Waals surface area contributed by atoms with E-state index in [-0.39, 0.29) is 5.91 Å². The Balaban J connectivity index is 2.59. The van der Waals surface area contributed by atoms with Crippen LogP contribution in [0.1, 0.15) is 24.2 Å². The van der Waals surface area contributed by atoms with E-state index in [2.05, 4.69) is 24.1 Å². The smallest absolute Gasteiger partial charge is 0.255 e. The van der Waals surface area contributed by atoms with Crippen molar-refractivity contribution in [3.05, 3.63) is 23.8 Å². The van der Waals surface area contributed by atoms with E-state index >= 15 is 0 Å². The summed E-state index contributed by atoms with van der Waals surface area (Å²) in [5.41, 5.74) is 6.74. The minimum atomic E-state index is -0.144. The highest BCUT2D eigenvalue weighted by atomic mass is 16.5. The maximum absolute atomic E-state index is 12.0. The number of anilines is 1. The molecule has 5 heteroatoms. The number of amides is 1. The van der Waals surface area contributed by atoms with Gasteiger partial charge in [0.2, 0.25) is 0 Å². The van der Waals surface area contributed by atoms with Crippen LogP contribution in [0, 0.1) is 0 Å². The van der Waals surface area contributed by atoms with Crippen LogP contribution >= 0.6 is 0 Å². The number of nitrogens with zero attached hydrogens (tertiary/aromatic N) is 1. The number of carbonyl (C=O) groups excluding carboxylic acids is 1. The van der Waals surface area contributed by atoms with Crippen molar-refractivity contribution in [2.75, 3.05) is 33.0 Å². The Bertz CT molecular complexity index is 433. The van der Waals surface area contributed by atoms with Gasteiger partial charge in [-0.05, 0) is 33.0 Å². The van der Waals surface area contributed by atoms with Crippen molar-refractivity contribution < 1.29 is 9.53 Å². The summed E-state index contributed by atoms with van der Waals surface area (Å²) in [6, 6.07) is 5.48. The molecule has 1 aromatic carbocycles. The highest BCUT2D eigenvalue weighted by Gasteiger charge is 2.12. The van der Waals surface area contributed by atoms with Gasteiger partial charge in [0.15, 0.2) is 0 Å². The Kier molecular flexibility index (Phi) is 5.63. The molecule has 0 unspecified atom stereocenters. The summed E-state index contributed by atoms with van der Waals surface area (Å²) in [4.78, 5) is 14.2. The van der Waals surface area contributed by atoms with Gasteiger partial charge in [-0.2, -0.15) is 0 Å². The molecular formula is C14H23N3O2. The number of methoxy groups -OCH3 is 1. The van der Waals surface area contributed by atoms with Crippen molar-refractivity contribution in [3.8, 4) is 5.75 Å². The van der Waals surface area contributed by atoms with E-state index < -0.39 is 0 Å². The van der Waals surface area contributed by atoms with Crippen LogP contribution in [-0.4, -0.2) is 44.1 Å². The third kappa shape index (κ3) is 4.44. The molecule has 19 heavy (non-hydrogen) atoms. The van der Waals surface area contributed by atoms with Crippen molar-refractivity contribution in [2.24, 2.45) is 0 Å². The zero-order valence-corrected chi connectivity index (χ0v) is 12.1. The summed E-state index contributed by atoms with van der Waals surface area (Å²) in [6.07, 6.45) is 0. The number of rotatable bonds is 6. The van der Waals surface area contributed by atoms with Crippen LogP contribution in [-0.2, 0) is 0 Å². The Morgan fingerprint density at radius 1 is 1.47 bits per heavy atom. The summed E-state index contributed by atoms with van der Waals surface area (Å²) in [6.45, 7) is 5.64. The molecule has 0 aromatic heterocycles. The van der Waals surface area contributed by atoms with Crippen molar-refractivity contribution in [2.45, 2.75) is 19.9 Å². The van der Waals surface area contributed by atoms with E-state index in [0.29, 0.717) is 29.6 Å². The molecule has 0 atom stereocenters. The van der Waals surface area contributed by atoms with Crippen molar-refractivity contribution in [3.63, 3.8) is 0 Å². The largest absolute Gasteiger partial charge is 0.496 e. The molecule has 106 valence electrons. The molecule has 0 spiro atoms. The molecule has 0 heterocycles. The van der Waals surface area contributed by atoms with E-state index in [9.17, 15) is 4.79 Å². The first-order valence-electron chi connectivity index (χ1n) is 6.37. The van der Waals surface area contributed by atoms with E-state index in [1.807, 2.05) is 7.05 Å². The highest BCUT2D eigenvalue weighted by Crippen LogP contribution is 2.21. The molecule has 0 radical (unpaired) electrons. The fraction of sp³-hybridized carbons (Fsp3) is 0.500. The second-order valence-corrected chi connectivity index (χ2v) is 4.79. The minimum absolute atomic E-state index is 0.144. The molecule has 0 bridgehead atoms. The Morgan fingerprint density at radius 2 is 2.16 bits per heavy atom. The zero-order valence-electron chi connectivity index (χ0n) is 12.1. The van der Waals surface area contributed by atoms with Crippen molar-refractivity contribution >= 4 is 11.6 Å². The fourth-order valence-corrected chi connectivity index (χ4v) is 1.59. The first kappa shape index (κ1) is 15.3. The predicted molar refractivity (Wildman–Crippen MR) is 77.5 cm³/mol. The second-order valence-electron chi connectivity index (χ2n) is 4.79. The lowest BCUT2D eigenvalue weighted by Crippen LogP contribution is -2.36. The first-order valence-corrected chi connectivity index (χ1v) is 6.37. The molecule has 0 aliphatic carbocycles. The van der Waals surface area contributed by atoms with Gasteiger partial charge in [0, 0.05) is 30.9 Å². The summed E-state index contributed by atoms with van der Waals surface area (Å²) in [5.74, 6) is 0.351. The van der Waals surface area contributed by atoms with E-state index in [4.69, 9.17) is 10.5 Å². The number of hydrogen-bond donors (Lipinski definition) is 2. The van der Waals surface area contributed by atoms with E-state index in [1.54, 1.807) is 18.2 Å². The maximum Gasteiger partial charge on any atom is 0.255 e. The van der Waals surface area contributed by atoms with Gasteiger partial charge in [-0.15, -0.1) is 0 Å². The number of nitrogen functional groups attached to an aromatic ring is 1. The van der Waals surface area contributed by atoms with Gasteiger partial charge in [-0.3, -0.25) is 4.79 Å². The lowest BCUT2D eigenvalue weighted by molar-refractivity contribution is 0.0945. The van der Waals surface area contributed by atoms with Gasteiger partial charge in [0.25, 0.3) is 5.91 Å². The number of nitrogens with two attached hydrogens (primary N) is 1. The van der Waals surface area contributed by atoms with Crippen LogP contribution < -0.4 is 15.8 Å². The number of ether oxygens (including phenoxy) is 1. The molecular weight excluding hydrogens is 242 g/mol. The Labute approximate surface area is 114 Å². The summed E-state index contributed by atoms with van der Waals surface area (Å²) < 4.78 is 5.16. The average Bonchev–Trinajstić information content (AvgIpc) is 2.37. The summed E-state index contributed by atoms with van der Waals surface area (Å²) >= 11 is 0. The van der Waals surface area contributed by atoms with Crippen molar-refractivity contribution in [1.29, 1.82) is 0 Å². The number of benzene rings is 1. The number of likely N-dealkylation sites (N-methyl/N-ethyl adjacent to an activating group) is 1. The molecule has 0 aliphatic heterocycles. The topological polar surface area (TPSA) is 67.6 Å². The normalized spacial score (nSPS) is 10.8. The standard InChI is InChI=1S/C14H23N3O2/c1-10(2)17(3)8-7-16-14(18)12-6-5-11(15)9-13(12)19-4/h5-6,9-10H,7-8,15H2,1-4H3,(H,16,18). The molecule has 1 rings (SSSR count). The summed E-state index contributed by atoms with van der Waals surface area (Å²) in [5, 5.41) is 2.88. The third-order valence-electron chi connectivity index (χ3n) is 3.10. The van der Waals surface area contributed by atoms with Crippen molar-refractivity contribution in [1.82, 2.24) is 10.2 Å². The van der Waals surface area contributed by atoms with Gasteiger partial charge >= 0.3 is 0 Å². The highest BCUT2D eigenvalue weighted by molar-refractivity contribution is 5.97. The van der Waals surface area contributed by atoms with Gasteiger partial charge in [0.1, 0.15) is 5.75 Å². The lowest BCUT2D eigenvalue weighted by Gasteiger charge is -2.21. The molecule has 5 nitrogen and oxygen atoms in total. The SMILES string of the molecule is COc1cc(N)ccc1C(=O)NCCN(C)C(C)C. The van der Waals surface area contributed by atoms with Crippen LogP contribution in [0.5, 0.6) is 5.75 Å². The minimum Gasteiger partial charge on any atom is -0.496 e. The number of nitrogens with one attached hydrogen (secondary N) is 1. The molecule has 3 N–H and O–H groups in total. The second kappa shape index (κ2) is 6.99. The van der Waals surface area contributed by atoms with Gasteiger partial charge in [0.05, 0.1) is 12.7 Å². The van der Waals surface area contributed by atoms with Gasteiger partial charge < -0.3 is 20.7 Å². The van der Waals surface area contributed by atoms with Crippen LogP contribution in [0.2, 0.25) is 0 Å². The fourth-order valence-electron chi connectivity index (χ4n) is 1.59. The average molecular weight is 265 g/mol. The van der Waals surface area contributed by atoms with E-state index in [1.165, 1.54) is 7.11 Å². The third-order valence-corrected chi connectivity index (χ3v) is 3.10. The van der Waals surface area contributed by atoms with Gasteiger partial charge in [-0.25, -0.2) is 0 Å². The molecule has 1 aromatic rings. The van der Waals surface area contributed by atoms with Crippen LogP contribution in [0.4, 0.5) is 5.69 Å². The monoisotopic (exact) mass is 265 g/mol. The van der Waals surface area contributed by atoms with Crippen LogP contribution in [0.15, 0.2) is 18.2 Å². The Hall–Kier alpha value is -1.75. The maximum atomic E-state index is 12.0. The van der Waals surface area contributed by atoms with Crippen LogP contribution in [0.25, 0.3) is 0 Å². The molecule has 0 saturated heterocycles. The number of carbonyl (C=O) groups is 1.